The van der Waals surface area contributed by atoms with Crippen molar-refractivity contribution in [2.45, 2.75) is 90.5 Å². The Hall–Kier alpha value is -2.12. The molecule has 0 unspecified atom stereocenters. The lowest BCUT2D eigenvalue weighted by atomic mass is 9.81. The van der Waals surface area contributed by atoms with Gasteiger partial charge in [-0.05, 0) is 67.2 Å². The Morgan fingerprint density at radius 1 is 0.714 bits per heavy atom. The smallest absolute Gasteiger partial charge is 0.407 e. The summed E-state index contributed by atoms with van der Waals surface area (Å²) in [6, 6.07) is 0.222. The van der Waals surface area contributed by atoms with Gasteiger partial charge in [-0.2, -0.15) is 0 Å². The summed E-state index contributed by atoms with van der Waals surface area (Å²) < 4.78 is 10.1. The number of ether oxygens (including phenoxy) is 2. The zero-order chi connectivity index (χ0) is 21.5. The summed E-state index contributed by atoms with van der Waals surface area (Å²) in [5.41, 5.74) is -0.921. The van der Waals surface area contributed by atoms with Gasteiger partial charge in [-0.1, -0.05) is 0 Å². The van der Waals surface area contributed by atoms with Crippen LogP contribution in [0.4, 0.5) is 9.59 Å². The first kappa shape index (κ1) is 23.9. The molecule has 160 valence electrons. The molecule has 8 nitrogen and oxygen atoms in total. The molecule has 2 amide bonds. The monoisotopic (exact) mass is 398 g/mol. The second-order valence-corrected chi connectivity index (χ2v) is 9.42. The predicted molar refractivity (Wildman–Crippen MR) is 104 cm³/mol. The normalized spacial score (nSPS) is 26.2. The van der Waals surface area contributed by atoms with Gasteiger partial charge in [-0.3, -0.25) is 0 Å². The van der Waals surface area contributed by atoms with Crippen molar-refractivity contribution in [3.8, 4) is 0 Å². The van der Waals surface area contributed by atoms with Crippen LogP contribution in [0.2, 0.25) is 0 Å². The summed E-state index contributed by atoms with van der Waals surface area (Å²) in [6.45, 7) is 10.9. The Morgan fingerprint density at radius 2 is 1.00 bits per heavy atom. The molecule has 0 saturated heterocycles. The minimum Gasteiger partial charge on any atom is -0.444 e. The van der Waals surface area contributed by atoms with Gasteiger partial charge in [0, 0.05) is 23.9 Å². The van der Waals surface area contributed by atoms with Crippen LogP contribution in [-0.2, 0) is 19.1 Å². The molecule has 2 rings (SSSR count). The third-order valence-electron chi connectivity index (χ3n) is 4.18. The molecule has 0 aromatic rings. The summed E-state index contributed by atoms with van der Waals surface area (Å²) in [7, 11) is 0. The molecule has 0 aromatic carbocycles. The second-order valence-electron chi connectivity index (χ2n) is 9.42. The Bertz CT molecular complexity index is 502. The van der Waals surface area contributed by atoms with Gasteiger partial charge < -0.3 is 29.7 Å². The van der Waals surface area contributed by atoms with Gasteiger partial charge in [0.15, 0.2) is 0 Å². The number of carbonyl (C=O) groups excluding carboxylic acids is 4. The van der Waals surface area contributed by atoms with E-state index in [1.165, 1.54) is 0 Å². The first-order chi connectivity index (χ1) is 12.8. The van der Waals surface area contributed by atoms with E-state index in [2.05, 4.69) is 10.6 Å². The van der Waals surface area contributed by atoms with Crippen molar-refractivity contribution in [2.75, 3.05) is 0 Å². The van der Waals surface area contributed by atoms with Gasteiger partial charge in [0.2, 0.25) is 0 Å². The Balaban J connectivity index is 0.000000280. The van der Waals surface area contributed by atoms with Crippen LogP contribution in [0.1, 0.15) is 67.2 Å². The number of nitrogens with one attached hydrogen (secondary N) is 2. The van der Waals surface area contributed by atoms with E-state index < -0.39 is 23.4 Å². The van der Waals surface area contributed by atoms with Gasteiger partial charge in [-0.25, -0.2) is 9.59 Å². The van der Waals surface area contributed by atoms with Crippen molar-refractivity contribution >= 4 is 24.8 Å². The van der Waals surface area contributed by atoms with E-state index in [4.69, 9.17) is 9.47 Å². The lowest BCUT2D eigenvalue weighted by molar-refractivity contribution is -0.114. The molecule has 0 radical (unpaired) electrons. The summed E-state index contributed by atoms with van der Waals surface area (Å²) in [6.07, 6.45) is 4.04. The van der Waals surface area contributed by atoms with Crippen molar-refractivity contribution in [3.05, 3.63) is 0 Å². The molecule has 0 atom stereocenters. The summed E-state index contributed by atoms with van der Waals surface area (Å²) >= 11 is 0. The van der Waals surface area contributed by atoms with Crippen molar-refractivity contribution in [2.24, 2.45) is 11.8 Å². The van der Waals surface area contributed by atoms with Crippen molar-refractivity contribution in [3.63, 3.8) is 0 Å². The first-order valence-corrected chi connectivity index (χ1v) is 9.71. The van der Waals surface area contributed by atoms with Crippen LogP contribution in [0.25, 0.3) is 0 Å². The minimum atomic E-state index is -0.460. The Morgan fingerprint density at radius 3 is 1.21 bits per heavy atom. The maximum atomic E-state index is 11.2. The molecule has 2 fully saturated rings. The van der Waals surface area contributed by atoms with Crippen LogP contribution in [0.3, 0.4) is 0 Å². The van der Waals surface area contributed by atoms with Crippen LogP contribution in [0.5, 0.6) is 0 Å². The highest BCUT2D eigenvalue weighted by molar-refractivity contribution is 5.69. The van der Waals surface area contributed by atoms with Crippen LogP contribution in [-0.4, -0.2) is 48.0 Å². The van der Waals surface area contributed by atoms with E-state index in [-0.39, 0.29) is 23.9 Å². The third-order valence-corrected chi connectivity index (χ3v) is 4.18. The average molecular weight is 399 g/mol. The lowest BCUT2D eigenvalue weighted by Crippen LogP contribution is -2.46. The molecule has 0 spiro atoms. The highest BCUT2D eigenvalue weighted by atomic mass is 16.6. The van der Waals surface area contributed by atoms with Crippen molar-refractivity contribution in [1.29, 1.82) is 0 Å². The van der Waals surface area contributed by atoms with Gasteiger partial charge in [0.1, 0.15) is 23.8 Å². The van der Waals surface area contributed by atoms with E-state index in [1.807, 2.05) is 41.5 Å². The fourth-order valence-corrected chi connectivity index (χ4v) is 2.73. The van der Waals surface area contributed by atoms with Crippen LogP contribution < -0.4 is 10.6 Å². The number of carbonyl (C=O) groups is 4. The fraction of sp³-hybridized carbons (Fsp3) is 0.800. The SMILES string of the molecule is CC(C)(C)OC(=O)NC1CC(C=O)C1.CC(C)(C)OC(=O)NC1CC(C=O)C1. The molecule has 2 aliphatic rings. The van der Waals surface area contributed by atoms with E-state index in [0.717, 1.165) is 38.3 Å². The summed E-state index contributed by atoms with van der Waals surface area (Å²) in [5, 5.41) is 5.43. The Labute approximate surface area is 167 Å². The van der Waals surface area contributed by atoms with Crippen molar-refractivity contribution < 1.29 is 28.7 Å². The molecule has 2 saturated carbocycles. The molecular weight excluding hydrogens is 364 g/mol. The van der Waals surface area contributed by atoms with Crippen LogP contribution in [0.15, 0.2) is 0 Å². The van der Waals surface area contributed by atoms with E-state index in [0.29, 0.717) is 0 Å². The van der Waals surface area contributed by atoms with Crippen molar-refractivity contribution in [1.82, 2.24) is 10.6 Å². The molecule has 2 aliphatic carbocycles. The van der Waals surface area contributed by atoms with Gasteiger partial charge in [-0.15, -0.1) is 0 Å². The number of hydrogen-bond acceptors (Lipinski definition) is 6. The summed E-state index contributed by atoms with van der Waals surface area (Å²) in [5.74, 6) is 0.241. The maximum absolute atomic E-state index is 11.2. The quantitative estimate of drug-likeness (QED) is 0.704. The summed E-state index contributed by atoms with van der Waals surface area (Å²) in [4.78, 5) is 43.1. The number of amides is 2. The first-order valence-electron chi connectivity index (χ1n) is 9.71. The lowest BCUT2D eigenvalue weighted by Gasteiger charge is -2.32. The number of alkyl carbamates (subject to hydrolysis) is 2. The molecule has 0 bridgehead atoms. The molecule has 2 N–H and O–H groups in total. The second kappa shape index (κ2) is 9.89. The molecule has 0 heterocycles. The van der Waals surface area contributed by atoms with E-state index >= 15 is 0 Å². The zero-order valence-electron chi connectivity index (χ0n) is 17.7. The molecule has 0 aromatic heterocycles. The molecule has 8 heteroatoms. The molecular formula is C20H34N2O6. The number of aldehydes is 2. The maximum Gasteiger partial charge on any atom is 0.407 e. The van der Waals surface area contributed by atoms with E-state index in [9.17, 15) is 19.2 Å². The zero-order valence-corrected chi connectivity index (χ0v) is 17.7. The largest absolute Gasteiger partial charge is 0.444 e. The Kier molecular flexibility index (Phi) is 8.45. The van der Waals surface area contributed by atoms with Gasteiger partial charge in [0.05, 0.1) is 0 Å². The highest BCUT2D eigenvalue weighted by Crippen LogP contribution is 2.26. The molecule has 0 aliphatic heterocycles. The number of rotatable bonds is 4. The average Bonchev–Trinajstić information content (AvgIpc) is 2.42. The standard InChI is InChI=1S/2C10H17NO3/c2*1-10(2,3)14-9(13)11-8-4-7(5-8)6-12/h2*6-8H,4-5H2,1-3H3,(H,11,13). The predicted octanol–water partition coefficient (Wildman–Crippen LogP) is 2.98. The fourth-order valence-electron chi connectivity index (χ4n) is 2.73. The van der Waals surface area contributed by atoms with Crippen LogP contribution in [0, 0.1) is 11.8 Å². The van der Waals surface area contributed by atoms with Gasteiger partial charge >= 0.3 is 12.2 Å². The van der Waals surface area contributed by atoms with Crippen LogP contribution >= 0.6 is 0 Å². The minimum absolute atomic E-state index is 0.111. The van der Waals surface area contributed by atoms with Gasteiger partial charge in [0.25, 0.3) is 0 Å². The third kappa shape index (κ3) is 9.71. The van der Waals surface area contributed by atoms with E-state index in [1.54, 1.807) is 0 Å². The topological polar surface area (TPSA) is 111 Å². The highest BCUT2D eigenvalue weighted by Gasteiger charge is 2.32. The molecule has 28 heavy (non-hydrogen) atoms. The number of hydrogen-bond donors (Lipinski definition) is 2.